The van der Waals surface area contributed by atoms with E-state index in [4.69, 9.17) is 18.6 Å². The van der Waals surface area contributed by atoms with Gasteiger partial charge in [0.15, 0.2) is 11.5 Å². The molecule has 0 spiro atoms. The van der Waals surface area contributed by atoms with Gasteiger partial charge in [0.2, 0.25) is 0 Å². The number of carbonyl (C=O) groups excluding carboxylic acids is 2. The molecule has 0 radical (unpaired) electrons. The minimum atomic E-state index is -0.828. The molecular formula is C23H23NO7. The first-order valence-electron chi connectivity index (χ1n) is 10.4. The van der Waals surface area contributed by atoms with Crippen LogP contribution in [0.3, 0.4) is 0 Å². The van der Waals surface area contributed by atoms with Gasteiger partial charge < -0.3 is 28.6 Å². The number of hydrogen-bond donors (Lipinski definition) is 1. The van der Waals surface area contributed by atoms with Crippen molar-refractivity contribution in [2.45, 2.75) is 31.9 Å². The molecule has 8 nitrogen and oxygen atoms in total. The quantitative estimate of drug-likeness (QED) is 0.457. The maximum absolute atomic E-state index is 13.0. The lowest BCUT2D eigenvalue weighted by molar-refractivity contribution is -0.141. The Morgan fingerprint density at radius 1 is 1.10 bits per heavy atom. The van der Waals surface area contributed by atoms with Crippen LogP contribution in [0, 0.1) is 6.92 Å². The van der Waals surface area contributed by atoms with E-state index < -0.39 is 17.7 Å². The number of amides is 1. The molecule has 4 heterocycles. The molecule has 31 heavy (non-hydrogen) atoms. The first-order valence-corrected chi connectivity index (χ1v) is 10.4. The molecule has 2 unspecified atom stereocenters. The van der Waals surface area contributed by atoms with Crippen LogP contribution in [0.4, 0.5) is 0 Å². The lowest BCUT2D eigenvalue weighted by Gasteiger charge is -2.25. The molecule has 3 aliphatic rings. The van der Waals surface area contributed by atoms with Crippen molar-refractivity contribution >= 4 is 17.4 Å². The Morgan fingerprint density at radius 2 is 1.90 bits per heavy atom. The van der Waals surface area contributed by atoms with E-state index in [1.807, 2.05) is 0 Å². The van der Waals surface area contributed by atoms with Crippen LogP contribution in [0.5, 0.6) is 11.5 Å². The highest BCUT2D eigenvalue weighted by Crippen LogP contribution is 2.42. The highest BCUT2D eigenvalue weighted by atomic mass is 16.6. The molecule has 2 atom stereocenters. The van der Waals surface area contributed by atoms with Gasteiger partial charge >= 0.3 is 0 Å². The number of carbonyl (C=O) groups is 2. The zero-order valence-electron chi connectivity index (χ0n) is 17.1. The topological polar surface area (TPSA) is 98.4 Å². The summed E-state index contributed by atoms with van der Waals surface area (Å²) in [4.78, 5) is 27.4. The molecule has 3 aliphatic heterocycles. The molecule has 1 amide bonds. The van der Waals surface area contributed by atoms with Gasteiger partial charge in [-0.25, -0.2) is 0 Å². The van der Waals surface area contributed by atoms with Gasteiger partial charge in [-0.3, -0.25) is 9.59 Å². The highest BCUT2D eigenvalue weighted by molar-refractivity contribution is 6.46. The molecule has 0 saturated carbocycles. The number of ether oxygens (including phenoxy) is 3. The molecule has 2 aromatic rings. The Labute approximate surface area is 179 Å². The van der Waals surface area contributed by atoms with Gasteiger partial charge in [-0.1, -0.05) is 0 Å². The van der Waals surface area contributed by atoms with Crippen molar-refractivity contribution in [3.8, 4) is 11.5 Å². The van der Waals surface area contributed by atoms with Crippen molar-refractivity contribution in [3.63, 3.8) is 0 Å². The van der Waals surface area contributed by atoms with Gasteiger partial charge in [0, 0.05) is 18.7 Å². The van der Waals surface area contributed by atoms with Gasteiger partial charge in [-0.15, -0.1) is 0 Å². The molecule has 1 aromatic heterocycles. The molecule has 8 heteroatoms. The van der Waals surface area contributed by atoms with Crippen molar-refractivity contribution in [1.29, 1.82) is 0 Å². The Balaban J connectivity index is 1.59. The summed E-state index contributed by atoms with van der Waals surface area (Å²) in [6.45, 7) is 3.53. The summed E-state index contributed by atoms with van der Waals surface area (Å²) in [6, 6.07) is 7.60. The smallest absolute Gasteiger partial charge is 0.295 e. The van der Waals surface area contributed by atoms with E-state index >= 15 is 0 Å². The fourth-order valence-corrected chi connectivity index (χ4v) is 4.32. The lowest BCUT2D eigenvalue weighted by Crippen LogP contribution is -2.36. The molecular weight excluding hydrogens is 402 g/mol. The van der Waals surface area contributed by atoms with Crippen molar-refractivity contribution in [2.75, 3.05) is 26.4 Å². The first-order chi connectivity index (χ1) is 15.0. The number of nitrogens with zero attached hydrogens (tertiary/aromatic N) is 1. The van der Waals surface area contributed by atoms with Crippen LogP contribution in [-0.4, -0.2) is 54.2 Å². The Morgan fingerprint density at radius 3 is 2.61 bits per heavy atom. The minimum absolute atomic E-state index is 0.00553. The number of aryl methyl sites for hydroxylation is 1. The van der Waals surface area contributed by atoms with Gasteiger partial charge in [0.25, 0.3) is 11.7 Å². The molecule has 0 aliphatic carbocycles. The molecule has 1 aromatic carbocycles. The number of Topliss-reactive ketones (excluding diaryl/α,β-unsaturated/α-hetero) is 1. The summed E-state index contributed by atoms with van der Waals surface area (Å²) in [5.74, 6) is 0.433. The molecule has 2 saturated heterocycles. The van der Waals surface area contributed by atoms with Gasteiger partial charge in [0.1, 0.15) is 36.5 Å². The standard InChI is InChI=1S/C23H23NO7/c1-13-4-6-17(31-13)20-19(22(26)23(27)24(20)12-15-3-2-8-28-15)21(25)14-5-7-16-18(11-14)30-10-9-29-16/h4-7,11,15,20,25H,2-3,8-10,12H2,1H3/b21-19-. The third-order valence-corrected chi connectivity index (χ3v) is 5.81. The lowest BCUT2D eigenvalue weighted by atomic mass is 9.99. The number of benzene rings is 1. The summed E-state index contributed by atoms with van der Waals surface area (Å²) < 4.78 is 22.6. The van der Waals surface area contributed by atoms with Crippen LogP contribution in [0.15, 0.2) is 40.3 Å². The highest BCUT2D eigenvalue weighted by Gasteiger charge is 2.48. The second kappa shape index (κ2) is 7.77. The Kier molecular flexibility index (Phi) is 4.94. The van der Waals surface area contributed by atoms with Crippen molar-refractivity contribution in [1.82, 2.24) is 4.90 Å². The zero-order valence-corrected chi connectivity index (χ0v) is 17.1. The monoisotopic (exact) mass is 425 g/mol. The molecule has 162 valence electrons. The fraction of sp³-hybridized carbons (Fsp3) is 0.391. The van der Waals surface area contributed by atoms with Crippen LogP contribution in [0.25, 0.3) is 5.76 Å². The van der Waals surface area contributed by atoms with E-state index in [1.54, 1.807) is 37.3 Å². The average molecular weight is 425 g/mol. The third kappa shape index (κ3) is 3.46. The Hall–Kier alpha value is -3.26. The predicted molar refractivity (Wildman–Crippen MR) is 109 cm³/mol. The number of aliphatic hydroxyl groups excluding tert-OH is 1. The number of likely N-dealkylation sites (tertiary alicyclic amines) is 1. The number of furan rings is 1. The maximum Gasteiger partial charge on any atom is 0.295 e. The normalized spacial score (nSPS) is 24.7. The van der Waals surface area contributed by atoms with E-state index in [0.29, 0.717) is 48.4 Å². The van der Waals surface area contributed by atoms with Crippen LogP contribution < -0.4 is 9.47 Å². The maximum atomic E-state index is 13.0. The number of rotatable bonds is 4. The predicted octanol–water partition coefficient (Wildman–Crippen LogP) is 2.96. The summed E-state index contributed by atoms with van der Waals surface area (Å²) in [7, 11) is 0. The number of fused-ring (bicyclic) bond motifs is 1. The van der Waals surface area contributed by atoms with E-state index in [9.17, 15) is 14.7 Å². The van der Waals surface area contributed by atoms with Gasteiger partial charge in [-0.05, 0) is 50.1 Å². The number of hydrogen-bond acceptors (Lipinski definition) is 7. The summed E-state index contributed by atoms with van der Waals surface area (Å²) in [5, 5.41) is 11.1. The molecule has 0 bridgehead atoms. The van der Waals surface area contributed by atoms with Crippen LogP contribution in [-0.2, 0) is 14.3 Å². The zero-order chi connectivity index (χ0) is 21.5. The Bertz CT molecular complexity index is 1060. The molecule has 2 fully saturated rings. The first kappa shape index (κ1) is 19.7. The largest absolute Gasteiger partial charge is 0.507 e. The van der Waals surface area contributed by atoms with E-state index in [0.717, 1.165) is 12.8 Å². The second-order valence-corrected chi connectivity index (χ2v) is 7.89. The van der Waals surface area contributed by atoms with Gasteiger partial charge in [-0.2, -0.15) is 0 Å². The fourth-order valence-electron chi connectivity index (χ4n) is 4.32. The minimum Gasteiger partial charge on any atom is -0.507 e. The SMILES string of the molecule is Cc1ccc(C2/C(=C(/O)c3ccc4c(c3)OCCO4)C(=O)C(=O)N2CC2CCCO2)o1. The van der Waals surface area contributed by atoms with Crippen molar-refractivity contribution < 1.29 is 33.3 Å². The van der Waals surface area contributed by atoms with Crippen LogP contribution in [0.1, 0.15) is 36.0 Å². The second-order valence-electron chi connectivity index (χ2n) is 7.89. The van der Waals surface area contributed by atoms with Crippen LogP contribution in [0.2, 0.25) is 0 Å². The van der Waals surface area contributed by atoms with E-state index in [-0.39, 0.29) is 24.0 Å². The third-order valence-electron chi connectivity index (χ3n) is 5.81. The van der Waals surface area contributed by atoms with Crippen molar-refractivity contribution in [2.24, 2.45) is 0 Å². The van der Waals surface area contributed by atoms with Crippen LogP contribution >= 0.6 is 0 Å². The number of aliphatic hydroxyl groups is 1. The summed E-state index contributed by atoms with van der Waals surface area (Å²) in [5.41, 5.74) is 0.363. The summed E-state index contributed by atoms with van der Waals surface area (Å²) >= 11 is 0. The van der Waals surface area contributed by atoms with Gasteiger partial charge in [0.05, 0.1) is 11.7 Å². The molecule has 5 rings (SSSR count). The van der Waals surface area contributed by atoms with E-state index in [1.165, 1.54) is 4.90 Å². The average Bonchev–Trinajstić information content (AvgIpc) is 3.50. The number of ketones is 1. The van der Waals surface area contributed by atoms with E-state index in [2.05, 4.69) is 0 Å². The molecule has 1 N–H and O–H groups in total. The summed E-state index contributed by atoms with van der Waals surface area (Å²) in [6.07, 6.45) is 1.58. The van der Waals surface area contributed by atoms with Crippen molar-refractivity contribution in [3.05, 3.63) is 53.0 Å².